The van der Waals surface area contributed by atoms with E-state index in [0.717, 1.165) is 44.3 Å². The first-order valence-corrected chi connectivity index (χ1v) is 13.8. The number of imidazole rings is 1. The molecule has 0 radical (unpaired) electrons. The molecule has 0 spiro atoms. The van der Waals surface area contributed by atoms with Gasteiger partial charge in [-0.1, -0.05) is 49.6 Å². The van der Waals surface area contributed by atoms with E-state index in [1.54, 1.807) is 18.3 Å². The number of halogens is 2. The molecule has 9 nitrogen and oxygen atoms in total. The Labute approximate surface area is 235 Å². The van der Waals surface area contributed by atoms with Crippen molar-refractivity contribution < 1.29 is 14.3 Å². The number of pyridine rings is 1. The Kier molecular flexibility index (Phi) is 6.74. The molecule has 3 heterocycles. The number of aromatic nitrogens is 5. The summed E-state index contributed by atoms with van der Waals surface area (Å²) in [6.07, 6.45) is 7.65. The third-order valence-electron chi connectivity index (χ3n) is 8.17. The molecule has 2 aliphatic rings. The first-order valence-electron chi connectivity index (χ1n) is 13.5. The van der Waals surface area contributed by atoms with Crippen molar-refractivity contribution in [3.8, 4) is 11.3 Å². The maximum absolute atomic E-state index is 15.2. The van der Waals surface area contributed by atoms with Crippen molar-refractivity contribution in [1.82, 2.24) is 24.5 Å². The van der Waals surface area contributed by atoms with Gasteiger partial charge in [0.05, 0.1) is 10.4 Å². The number of hydrogen-bond acceptors (Lipinski definition) is 5. The molecule has 3 aromatic heterocycles. The average molecular weight is 562 g/mol. The largest absolute Gasteiger partial charge is 0.463 e. The minimum Gasteiger partial charge on any atom is -0.463 e. The van der Waals surface area contributed by atoms with Gasteiger partial charge < -0.3 is 15.4 Å². The molecule has 3 N–H and O–H groups in total. The second kappa shape index (κ2) is 10.2. The predicted octanol–water partition coefficient (Wildman–Crippen LogP) is 5.97. The Bertz CT molecular complexity index is 1640. The molecule has 2 saturated carbocycles. The zero-order chi connectivity index (χ0) is 28.0. The molecule has 6 rings (SSSR count). The highest BCUT2D eigenvalue weighted by Crippen LogP contribution is 2.54. The van der Waals surface area contributed by atoms with E-state index in [4.69, 9.17) is 22.3 Å². The second-order valence-electron chi connectivity index (χ2n) is 11.0. The van der Waals surface area contributed by atoms with Gasteiger partial charge in [-0.3, -0.25) is 4.98 Å². The summed E-state index contributed by atoms with van der Waals surface area (Å²) in [5, 5.41) is 9.60. The van der Waals surface area contributed by atoms with Gasteiger partial charge in [0.15, 0.2) is 17.3 Å². The number of rotatable bonds is 6. The van der Waals surface area contributed by atoms with Gasteiger partial charge in [0.25, 0.3) is 0 Å². The highest BCUT2D eigenvalue weighted by atomic mass is 35.5. The minimum atomic E-state index is -1.46. The molecule has 1 aromatic carbocycles. The van der Waals surface area contributed by atoms with Gasteiger partial charge in [-0.15, -0.1) is 0 Å². The molecule has 2 fully saturated rings. The number of carbonyl (C=O) groups is 1. The van der Waals surface area contributed by atoms with Gasteiger partial charge in [-0.2, -0.15) is 4.99 Å². The van der Waals surface area contributed by atoms with Gasteiger partial charge in [-0.25, -0.2) is 24.1 Å². The molecule has 1 amide bonds. The molecule has 4 aromatic rings. The van der Waals surface area contributed by atoms with Crippen LogP contribution in [0.25, 0.3) is 22.4 Å². The zero-order valence-corrected chi connectivity index (χ0v) is 22.8. The number of carboxylic acid groups (broad SMARTS) is 1. The SMILES string of the molecule is CC1CCC(Cn2c(C3(c4ccccc4F)CC3)nc3nc(/C(N)=N/C(=O)O)nc(-c4cncc(Cl)c4)c32)CC1. The Morgan fingerprint density at radius 3 is 2.60 bits per heavy atom. The smallest absolute Gasteiger partial charge is 0.433 e. The Morgan fingerprint density at radius 2 is 1.93 bits per heavy atom. The van der Waals surface area contributed by atoms with E-state index in [-0.39, 0.29) is 17.5 Å². The van der Waals surface area contributed by atoms with Crippen molar-refractivity contribution in [2.75, 3.05) is 0 Å². The standard InChI is InChI=1S/C29H29ClFN7O2/c1-16-6-8-17(9-7-16)15-38-23-22(18-12-19(30)14-33-13-18)34-26(24(32)35-28(39)40)36-25(23)37-27(38)29(10-11-29)20-4-2-3-5-21(20)31/h2-5,12-14,16-17H,6-11,15H2,1H3,(H2,32,35)(H,39,40). The maximum atomic E-state index is 15.2. The molecule has 0 unspecified atom stereocenters. The van der Waals surface area contributed by atoms with Crippen LogP contribution in [0, 0.1) is 17.7 Å². The van der Waals surface area contributed by atoms with Crippen molar-refractivity contribution >= 4 is 34.7 Å². The number of nitrogens with two attached hydrogens (primary N) is 1. The molecular weight excluding hydrogens is 533 g/mol. The van der Waals surface area contributed by atoms with Crippen LogP contribution < -0.4 is 5.73 Å². The summed E-state index contributed by atoms with van der Waals surface area (Å²) >= 11 is 6.32. The van der Waals surface area contributed by atoms with E-state index in [1.807, 2.05) is 12.1 Å². The van der Waals surface area contributed by atoms with Crippen LogP contribution in [-0.4, -0.2) is 41.5 Å². The summed E-state index contributed by atoms with van der Waals surface area (Å²) in [4.78, 5) is 33.2. The molecule has 2 aliphatic carbocycles. The summed E-state index contributed by atoms with van der Waals surface area (Å²) in [5.41, 5.74) is 8.07. The van der Waals surface area contributed by atoms with Crippen LogP contribution in [0.2, 0.25) is 5.02 Å². The number of aliphatic imine (C=N–C) groups is 1. The third-order valence-corrected chi connectivity index (χ3v) is 8.38. The number of fused-ring (bicyclic) bond motifs is 1. The lowest BCUT2D eigenvalue weighted by Crippen LogP contribution is -2.23. The topological polar surface area (TPSA) is 132 Å². The fourth-order valence-corrected chi connectivity index (χ4v) is 6.12. The quantitative estimate of drug-likeness (QED) is 0.219. The van der Waals surface area contributed by atoms with Crippen molar-refractivity contribution in [3.05, 3.63) is 70.8 Å². The molecule has 0 saturated heterocycles. The van der Waals surface area contributed by atoms with Gasteiger partial charge in [0.2, 0.25) is 0 Å². The van der Waals surface area contributed by atoms with Crippen molar-refractivity contribution in [2.24, 2.45) is 22.6 Å². The Hall–Kier alpha value is -3.92. The molecule has 0 bridgehead atoms. The lowest BCUT2D eigenvalue weighted by atomic mass is 9.83. The summed E-state index contributed by atoms with van der Waals surface area (Å²) in [7, 11) is 0. The number of amides is 1. The Balaban J connectivity index is 1.62. The molecule has 0 atom stereocenters. The van der Waals surface area contributed by atoms with E-state index in [2.05, 4.69) is 31.4 Å². The minimum absolute atomic E-state index is 0.0664. The first-order chi connectivity index (χ1) is 19.2. The van der Waals surface area contributed by atoms with Crippen LogP contribution in [0.1, 0.15) is 62.7 Å². The van der Waals surface area contributed by atoms with Crippen LogP contribution in [0.4, 0.5) is 9.18 Å². The van der Waals surface area contributed by atoms with Crippen molar-refractivity contribution in [3.63, 3.8) is 0 Å². The van der Waals surface area contributed by atoms with Crippen LogP contribution in [0.3, 0.4) is 0 Å². The number of nitrogens with zero attached hydrogens (tertiary/aromatic N) is 6. The van der Waals surface area contributed by atoms with Gasteiger partial charge in [0.1, 0.15) is 22.9 Å². The number of hydrogen-bond donors (Lipinski definition) is 2. The average Bonchev–Trinajstić information content (AvgIpc) is 3.65. The molecule has 0 aliphatic heterocycles. The van der Waals surface area contributed by atoms with Crippen molar-refractivity contribution in [2.45, 2.75) is 57.4 Å². The Morgan fingerprint density at radius 1 is 1.18 bits per heavy atom. The van der Waals surface area contributed by atoms with E-state index >= 15 is 4.39 Å². The fraction of sp³-hybridized carbons (Fsp3) is 0.379. The lowest BCUT2D eigenvalue weighted by Gasteiger charge is -2.28. The highest BCUT2D eigenvalue weighted by molar-refractivity contribution is 6.30. The summed E-state index contributed by atoms with van der Waals surface area (Å²) in [6.45, 7) is 2.96. The lowest BCUT2D eigenvalue weighted by molar-refractivity contribution is 0.205. The predicted molar refractivity (Wildman–Crippen MR) is 150 cm³/mol. The van der Waals surface area contributed by atoms with Crippen LogP contribution in [0.15, 0.2) is 47.7 Å². The van der Waals surface area contributed by atoms with Gasteiger partial charge in [-0.05, 0) is 49.7 Å². The van der Waals surface area contributed by atoms with Crippen LogP contribution in [-0.2, 0) is 12.0 Å². The normalized spacial score (nSPS) is 20.5. The maximum Gasteiger partial charge on any atom is 0.433 e. The third kappa shape index (κ3) is 4.81. The summed E-state index contributed by atoms with van der Waals surface area (Å²) in [6, 6.07) is 8.57. The second-order valence-corrected chi connectivity index (χ2v) is 11.4. The van der Waals surface area contributed by atoms with E-state index in [0.29, 0.717) is 51.4 Å². The van der Waals surface area contributed by atoms with Gasteiger partial charge in [0, 0.05) is 30.1 Å². The van der Waals surface area contributed by atoms with Gasteiger partial charge >= 0.3 is 6.09 Å². The number of amidine groups is 1. The molecule has 40 heavy (non-hydrogen) atoms. The van der Waals surface area contributed by atoms with Crippen LogP contribution in [0.5, 0.6) is 0 Å². The zero-order valence-electron chi connectivity index (χ0n) is 22.0. The highest BCUT2D eigenvalue weighted by Gasteiger charge is 2.51. The van der Waals surface area contributed by atoms with E-state index in [9.17, 15) is 9.90 Å². The van der Waals surface area contributed by atoms with Crippen molar-refractivity contribution in [1.29, 1.82) is 0 Å². The van der Waals surface area contributed by atoms with E-state index < -0.39 is 11.5 Å². The van der Waals surface area contributed by atoms with Crippen LogP contribution >= 0.6 is 11.6 Å². The summed E-state index contributed by atoms with van der Waals surface area (Å²) in [5.74, 6) is 1.14. The first kappa shape index (κ1) is 26.3. The van der Waals surface area contributed by atoms with E-state index in [1.165, 1.54) is 12.3 Å². The molecular formula is C29H29ClFN7O2. The fourth-order valence-electron chi connectivity index (χ4n) is 5.95. The summed E-state index contributed by atoms with van der Waals surface area (Å²) < 4.78 is 17.4. The monoisotopic (exact) mass is 561 g/mol. The number of benzene rings is 1. The molecule has 206 valence electrons. The molecule has 11 heteroatoms.